The van der Waals surface area contributed by atoms with Crippen molar-refractivity contribution in [3.05, 3.63) is 27.7 Å². The molecule has 1 amide bonds. The molecule has 1 fully saturated rings. The third-order valence-electron chi connectivity index (χ3n) is 4.05. The standard InChI is InChI=1S/C16H22Cl2N2O4S/c1-3-8-25(22,23)19-12-4-6-20(7-5-12)16(21)11-9-13(17)15(24-2)14(18)10-11/h9-10,12,19H,3-8H2,1-2H3. The number of nitrogens with zero attached hydrogens (tertiary/aromatic N) is 1. The van der Waals surface area contributed by atoms with E-state index in [-0.39, 0.29) is 27.7 Å². The van der Waals surface area contributed by atoms with Crippen LogP contribution in [-0.2, 0) is 10.0 Å². The Morgan fingerprint density at radius 3 is 2.32 bits per heavy atom. The van der Waals surface area contributed by atoms with Crippen molar-refractivity contribution in [2.24, 2.45) is 0 Å². The summed E-state index contributed by atoms with van der Waals surface area (Å²) in [4.78, 5) is 14.3. The first-order valence-corrected chi connectivity index (χ1v) is 10.5. The highest BCUT2D eigenvalue weighted by Gasteiger charge is 2.27. The quantitative estimate of drug-likeness (QED) is 0.784. The van der Waals surface area contributed by atoms with Gasteiger partial charge in [0.1, 0.15) is 0 Å². The number of hydrogen-bond acceptors (Lipinski definition) is 4. The van der Waals surface area contributed by atoms with Crippen molar-refractivity contribution in [3.8, 4) is 5.75 Å². The summed E-state index contributed by atoms with van der Waals surface area (Å²) in [7, 11) is -1.79. The van der Waals surface area contributed by atoms with Gasteiger partial charge in [-0.15, -0.1) is 0 Å². The minimum absolute atomic E-state index is 0.120. The SMILES string of the molecule is CCCS(=O)(=O)NC1CCN(C(=O)c2cc(Cl)c(OC)c(Cl)c2)CC1. The van der Waals surface area contributed by atoms with E-state index in [1.807, 2.05) is 6.92 Å². The van der Waals surface area contributed by atoms with Crippen LogP contribution in [0.5, 0.6) is 5.75 Å². The largest absolute Gasteiger partial charge is 0.494 e. The molecule has 0 aromatic heterocycles. The van der Waals surface area contributed by atoms with E-state index in [1.54, 1.807) is 4.90 Å². The van der Waals surface area contributed by atoms with Crippen molar-refractivity contribution in [3.63, 3.8) is 0 Å². The third-order valence-corrected chi connectivity index (χ3v) is 6.25. The number of sulfonamides is 1. The second kappa shape index (κ2) is 8.58. The molecule has 0 saturated carbocycles. The Balaban J connectivity index is 2.00. The lowest BCUT2D eigenvalue weighted by atomic mass is 10.0. The van der Waals surface area contributed by atoms with Crippen LogP contribution in [0.25, 0.3) is 0 Å². The Labute approximate surface area is 158 Å². The fourth-order valence-corrected chi connectivity index (χ4v) is 4.88. The second-order valence-corrected chi connectivity index (χ2v) is 8.66. The van der Waals surface area contributed by atoms with Gasteiger partial charge >= 0.3 is 0 Å². The monoisotopic (exact) mass is 408 g/mol. The van der Waals surface area contributed by atoms with Crippen LogP contribution in [0.3, 0.4) is 0 Å². The average molecular weight is 409 g/mol. The molecule has 140 valence electrons. The topological polar surface area (TPSA) is 75.7 Å². The number of carbonyl (C=O) groups is 1. The number of nitrogens with one attached hydrogen (secondary N) is 1. The Morgan fingerprint density at radius 2 is 1.84 bits per heavy atom. The summed E-state index contributed by atoms with van der Waals surface area (Å²) in [6, 6.07) is 2.93. The Hall–Kier alpha value is -1.02. The van der Waals surface area contributed by atoms with E-state index in [9.17, 15) is 13.2 Å². The molecule has 0 aliphatic carbocycles. The fourth-order valence-electron chi connectivity index (χ4n) is 2.84. The zero-order chi connectivity index (χ0) is 18.6. The number of halogens is 2. The first-order chi connectivity index (χ1) is 11.8. The molecule has 1 aliphatic heterocycles. The van der Waals surface area contributed by atoms with Gasteiger partial charge in [0.05, 0.1) is 22.9 Å². The second-order valence-electron chi connectivity index (χ2n) is 5.98. The van der Waals surface area contributed by atoms with Crippen LogP contribution in [0.2, 0.25) is 10.0 Å². The minimum Gasteiger partial charge on any atom is -0.494 e. The van der Waals surface area contributed by atoms with Crippen LogP contribution >= 0.6 is 23.2 Å². The highest BCUT2D eigenvalue weighted by Crippen LogP contribution is 2.34. The molecule has 1 heterocycles. The molecule has 1 aromatic carbocycles. The number of likely N-dealkylation sites (tertiary alicyclic amines) is 1. The number of ether oxygens (including phenoxy) is 1. The zero-order valence-electron chi connectivity index (χ0n) is 14.2. The first kappa shape index (κ1) is 20.3. The van der Waals surface area contributed by atoms with Gasteiger partial charge in [-0.3, -0.25) is 4.79 Å². The predicted octanol–water partition coefficient (Wildman–Crippen LogP) is 2.94. The van der Waals surface area contributed by atoms with Crippen LogP contribution in [0.4, 0.5) is 0 Å². The normalized spacial score (nSPS) is 16.1. The molecule has 0 bridgehead atoms. The third kappa shape index (κ3) is 5.23. The number of carbonyl (C=O) groups excluding carboxylic acids is 1. The first-order valence-electron chi connectivity index (χ1n) is 8.09. The molecule has 1 N–H and O–H groups in total. The highest BCUT2D eigenvalue weighted by atomic mass is 35.5. The van der Waals surface area contributed by atoms with E-state index in [4.69, 9.17) is 27.9 Å². The molecule has 9 heteroatoms. The number of hydrogen-bond donors (Lipinski definition) is 1. The molecule has 0 spiro atoms. The Morgan fingerprint density at radius 1 is 1.28 bits per heavy atom. The van der Waals surface area contributed by atoms with Gasteiger partial charge in [0.25, 0.3) is 5.91 Å². The molecular formula is C16H22Cl2N2O4S. The molecule has 6 nitrogen and oxygen atoms in total. The summed E-state index contributed by atoms with van der Waals surface area (Å²) in [5, 5.41) is 0.557. The van der Waals surface area contributed by atoms with Gasteiger partial charge in [0, 0.05) is 24.7 Å². The van der Waals surface area contributed by atoms with Crippen LogP contribution < -0.4 is 9.46 Å². The fraction of sp³-hybridized carbons (Fsp3) is 0.562. The Kier molecular flexibility index (Phi) is 6.96. The van der Waals surface area contributed by atoms with Gasteiger partial charge in [-0.2, -0.15) is 0 Å². The van der Waals surface area contributed by atoms with E-state index in [1.165, 1.54) is 19.2 Å². The summed E-state index contributed by atoms with van der Waals surface area (Å²) in [6.07, 6.45) is 1.73. The molecule has 2 rings (SSSR count). The van der Waals surface area contributed by atoms with Crippen LogP contribution in [0.1, 0.15) is 36.5 Å². The maximum absolute atomic E-state index is 12.6. The molecule has 0 radical (unpaired) electrons. The van der Waals surface area contributed by atoms with E-state index < -0.39 is 10.0 Å². The smallest absolute Gasteiger partial charge is 0.253 e. The summed E-state index contributed by atoms with van der Waals surface area (Å²) in [6.45, 7) is 2.77. The van der Waals surface area contributed by atoms with Gasteiger partial charge in [0.2, 0.25) is 10.0 Å². The minimum atomic E-state index is -3.24. The summed E-state index contributed by atoms with van der Waals surface area (Å²) in [5.74, 6) is 0.278. The van der Waals surface area contributed by atoms with Crippen molar-refractivity contribution in [2.45, 2.75) is 32.2 Å². The number of methoxy groups -OCH3 is 1. The van der Waals surface area contributed by atoms with Crippen molar-refractivity contribution in [1.82, 2.24) is 9.62 Å². The molecule has 1 aromatic rings. The molecule has 0 unspecified atom stereocenters. The maximum atomic E-state index is 12.6. The van der Waals surface area contributed by atoms with Crippen LogP contribution in [-0.4, -0.2) is 51.2 Å². The lowest BCUT2D eigenvalue weighted by Crippen LogP contribution is -2.47. The summed E-state index contributed by atoms with van der Waals surface area (Å²) in [5.41, 5.74) is 0.390. The maximum Gasteiger partial charge on any atom is 0.253 e. The molecule has 25 heavy (non-hydrogen) atoms. The van der Waals surface area contributed by atoms with Gasteiger partial charge in [-0.1, -0.05) is 30.1 Å². The predicted molar refractivity (Wildman–Crippen MR) is 99.2 cm³/mol. The number of benzene rings is 1. The van der Waals surface area contributed by atoms with Crippen molar-refractivity contribution in [2.75, 3.05) is 26.0 Å². The van der Waals surface area contributed by atoms with E-state index >= 15 is 0 Å². The summed E-state index contributed by atoms with van der Waals surface area (Å²) >= 11 is 12.2. The lowest BCUT2D eigenvalue weighted by molar-refractivity contribution is 0.0711. The van der Waals surface area contributed by atoms with Gasteiger partial charge < -0.3 is 9.64 Å². The molecular weight excluding hydrogens is 387 g/mol. The molecule has 1 aliphatic rings. The summed E-state index contributed by atoms with van der Waals surface area (Å²) < 4.78 is 31.5. The van der Waals surface area contributed by atoms with Gasteiger partial charge in [-0.25, -0.2) is 13.1 Å². The highest BCUT2D eigenvalue weighted by molar-refractivity contribution is 7.89. The zero-order valence-corrected chi connectivity index (χ0v) is 16.5. The van der Waals surface area contributed by atoms with E-state index in [0.717, 1.165) is 0 Å². The van der Waals surface area contributed by atoms with Crippen molar-refractivity contribution >= 4 is 39.1 Å². The van der Waals surface area contributed by atoms with Gasteiger partial charge in [-0.05, 0) is 31.4 Å². The van der Waals surface area contributed by atoms with Gasteiger partial charge in [0.15, 0.2) is 5.75 Å². The van der Waals surface area contributed by atoms with Crippen molar-refractivity contribution in [1.29, 1.82) is 0 Å². The van der Waals surface area contributed by atoms with E-state index in [2.05, 4.69) is 4.72 Å². The van der Waals surface area contributed by atoms with E-state index in [0.29, 0.717) is 43.7 Å². The Bertz CT molecular complexity index is 709. The van der Waals surface area contributed by atoms with Crippen LogP contribution in [0, 0.1) is 0 Å². The number of amides is 1. The van der Waals surface area contributed by atoms with Crippen LogP contribution in [0.15, 0.2) is 12.1 Å². The number of rotatable bonds is 6. The average Bonchev–Trinajstić information content (AvgIpc) is 2.54. The van der Waals surface area contributed by atoms with Crippen molar-refractivity contribution < 1.29 is 17.9 Å². The molecule has 1 saturated heterocycles. The molecule has 0 atom stereocenters. The lowest BCUT2D eigenvalue weighted by Gasteiger charge is -2.32. The number of piperidine rings is 1.